The van der Waals surface area contributed by atoms with Crippen LogP contribution < -0.4 is 10.2 Å². The number of aliphatic imine (C=N–C) groups is 1. The summed E-state index contributed by atoms with van der Waals surface area (Å²) in [7, 11) is 1.51. The number of allylic oxidation sites excluding steroid dienone is 1. The zero-order valence-electron chi connectivity index (χ0n) is 20.1. The first-order chi connectivity index (χ1) is 15.9. The molecule has 0 bridgehead atoms. The highest BCUT2D eigenvalue weighted by Crippen LogP contribution is 2.29. The van der Waals surface area contributed by atoms with Crippen LogP contribution in [0.5, 0.6) is 5.75 Å². The standard InChI is InChI=1S/C25H28N2O.C2H5NO2/c1-5-24(20-12-13-25(28-17(2)3)21(14-20)15-26)27-16-18(4)22-10-6-8-19-9-7-11-23(19)22;1-3-5-2-4/h6,8,10,12-14,16-17H,5,7,9,11H2,1-4H3;2-3H,1H3/b18-16+,27-24?;. The van der Waals surface area contributed by atoms with Crippen LogP contribution in [-0.4, -0.2) is 25.3 Å². The van der Waals surface area contributed by atoms with Crippen molar-refractivity contribution in [1.29, 1.82) is 5.26 Å². The Bertz CT molecular complexity index is 1050. The van der Waals surface area contributed by atoms with E-state index in [2.05, 4.69) is 48.4 Å². The van der Waals surface area contributed by atoms with E-state index in [0.717, 1.165) is 24.1 Å². The molecule has 174 valence electrons. The minimum Gasteiger partial charge on any atom is -0.490 e. The van der Waals surface area contributed by atoms with Gasteiger partial charge in [-0.25, -0.2) is 0 Å². The number of nitriles is 1. The molecule has 0 saturated heterocycles. The molecule has 0 heterocycles. The summed E-state index contributed by atoms with van der Waals surface area (Å²) in [5.74, 6) is 0.628. The summed E-state index contributed by atoms with van der Waals surface area (Å²) in [6.07, 6.45) is 6.38. The van der Waals surface area contributed by atoms with Gasteiger partial charge in [0.1, 0.15) is 11.8 Å². The summed E-state index contributed by atoms with van der Waals surface area (Å²) in [6.45, 7) is 8.46. The Morgan fingerprint density at radius 1 is 1.27 bits per heavy atom. The van der Waals surface area contributed by atoms with E-state index in [0.29, 0.717) is 17.8 Å². The van der Waals surface area contributed by atoms with Crippen molar-refractivity contribution in [2.45, 2.75) is 59.5 Å². The van der Waals surface area contributed by atoms with Crippen molar-refractivity contribution in [1.82, 2.24) is 5.48 Å². The molecule has 0 atom stereocenters. The monoisotopic (exact) mass is 447 g/mol. The third-order valence-corrected chi connectivity index (χ3v) is 5.28. The van der Waals surface area contributed by atoms with Gasteiger partial charge in [0.05, 0.1) is 11.7 Å². The number of fused-ring (bicyclic) bond motifs is 1. The zero-order valence-corrected chi connectivity index (χ0v) is 20.1. The Kier molecular flexibility index (Phi) is 10.3. The van der Waals surface area contributed by atoms with Gasteiger partial charge in [-0.1, -0.05) is 25.1 Å². The Morgan fingerprint density at radius 2 is 2.06 bits per heavy atom. The number of benzene rings is 2. The average molecular weight is 448 g/mol. The van der Waals surface area contributed by atoms with Gasteiger partial charge in [0, 0.05) is 19.0 Å². The van der Waals surface area contributed by atoms with Gasteiger partial charge in [-0.15, -0.1) is 0 Å². The molecule has 0 unspecified atom stereocenters. The molecule has 0 fully saturated rings. The normalized spacial score (nSPS) is 13.0. The molecule has 0 aromatic heterocycles. The van der Waals surface area contributed by atoms with Crippen LogP contribution in [0.3, 0.4) is 0 Å². The van der Waals surface area contributed by atoms with E-state index in [1.807, 2.05) is 38.2 Å². The third kappa shape index (κ3) is 7.30. The van der Waals surface area contributed by atoms with Gasteiger partial charge in [0.25, 0.3) is 0 Å². The first-order valence-electron chi connectivity index (χ1n) is 11.3. The smallest absolute Gasteiger partial charge is 0.312 e. The molecule has 1 N–H and O–H groups in total. The van der Waals surface area contributed by atoms with E-state index in [4.69, 9.17) is 14.5 Å². The molecule has 0 saturated carbocycles. The van der Waals surface area contributed by atoms with Crippen LogP contribution in [0.25, 0.3) is 5.57 Å². The minimum atomic E-state index is 0.0375. The number of carbonyl (C=O) groups is 1. The molecule has 33 heavy (non-hydrogen) atoms. The molecule has 0 radical (unpaired) electrons. The summed E-state index contributed by atoms with van der Waals surface area (Å²) >= 11 is 0. The molecule has 2 aromatic rings. The maximum Gasteiger partial charge on any atom is 0.312 e. The average Bonchev–Trinajstić information content (AvgIpc) is 3.29. The number of carbonyl (C=O) groups excluding carboxylic acids is 1. The highest BCUT2D eigenvalue weighted by atomic mass is 16.7. The lowest BCUT2D eigenvalue weighted by Crippen LogP contribution is -2.08. The quantitative estimate of drug-likeness (QED) is 0.333. The maximum atomic E-state index is 9.48. The molecule has 6 nitrogen and oxygen atoms in total. The Labute approximate surface area is 196 Å². The van der Waals surface area contributed by atoms with Crippen LogP contribution in [0.4, 0.5) is 0 Å². The van der Waals surface area contributed by atoms with Crippen LogP contribution in [0, 0.1) is 11.3 Å². The van der Waals surface area contributed by atoms with Crippen LogP contribution in [0.2, 0.25) is 0 Å². The van der Waals surface area contributed by atoms with Crippen LogP contribution >= 0.6 is 0 Å². The number of hydrogen-bond acceptors (Lipinski definition) is 6. The van der Waals surface area contributed by atoms with Crippen LogP contribution in [0.1, 0.15) is 68.4 Å². The fraction of sp³-hybridized carbons (Fsp3) is 0.370. The van der Waals surface area contributed by atoms with Gasteiger partial charge in [-0.2, -0.15) is 10.7 Å². The van der Waals surface area contributed by atoms with E-state index in [9.17, 15) is 5.26 Å². The molecule has 6 heteroatoms. The number of hydrogen-bond donors (Lipinski definition) is 1. The lowest BCUT2D eigenvalue weighted by atomic mass is 9.98. The molecule has 1 aliphatic carbocycles. The van der Waals surface area contributed by atoms with E-state index >= 15 is 0 Å². The third-order valence-electron chi connectivity index (χ3n) is 5.28. The number of nitrogens with one attached hydrogen (secondary N) is 1. The Hall–Kier alpha value is -3.43. The van der Waals surface area contributed by atoms with Gasteiger partial charge >= 0.3 is 6.47 Å². The second-order valence-corrected chi connectivity index (χ2v) is 7.95. The Morgan fingerprint density at radius 3 is 2.67 bits per heavy atom. The molecular formula is C27H33N3O3. The van der Waals surface area contributed by atoms with E-state index in [1.54, 1.807) is 0 Å². The highest BCUT2D eigenvalue weighted by Gasteiger charge is 2.15. The van der Waals surface area contributed by atoms with Crippen LogP contribution in [0.15, 0.2) is 47.6 Å². The second-order valence-electron chi connectivity index (χ2n) is 7.95. The molecule has 1 aliphatic rings. The van der Waals surface area contributed by atoms with E-state index in [1.165, 1.54) is 42.2 Å². The first-order valence-corrected chi connectivity index (χ1v) is 11.3. The molecular weight excluding hydrogens is 414 g/mol. The van der Waals surface area contributed by atoms with E-state index in [-0.39, 0.29) is 6.10 Å². The fourth-order valence-electron chi connectivity index (χ4n) is 3.81. The lowest BCUT2D eigenvalue weighted by molar-refractivity contribution is -0.134. The van der Waals surface area contributed by atoms with Gasteiger partial charge in [-0.3, -0.25) is 9.79 Å². The summed E-state index contributed by atoms with van der Waals surface area (Å²) in [6, 6.07) is 14.6. The largest absolute Gasteiger partial charge is 0.490 e. The van der Waals surface area contributed by atoms with Crippen molar-refractivity contribution in [3.8, 4) is 11.8 Å². The van der Waals surface area contributed by atoms with Crippen molar-refractivity contribution in [3.63, 3.8) is 0 Å². The van der Waals surface area contributed by atoms with Gasteiger partial charge in [-0.05, 0) is 92.5 Å². The molecule has 0 spiro atoms. The number of ether oxygens (including phenoxy) is 1. The lowest BCUT2D eigenvalue weighted by Gasteiger charge is -2.12. The minimum absolute atomic E-state index is 0.0375. The summed E-state index contributed by atoms with van der Waals surface area (Å²) < 4.78 is 5.73. The number of rotatable bonds is 8. The molecule has 0 aliphatic heterocycles. The van der Waals surface area contributed by atoms with Crippen LogP contribution in [-0.2, 0) is 22.5 Å². The SMILES string of the molecule is CCC(=N/C=C(\C)c1cccc2c1CCC2)c1ccc(OC(C)C)c(C#N)c1.CNOC=O. The number of hydroxylamine groups is 1. The number of nitrogens with zero attached hydrogens (tertiary/aromatic N) is 2. The second kappa shape index (κ2) is 13.2. The zero-order chi connectivity index (χ0) is 24.2. The van der Waals surface area contributed by atoms with Crippen molar-refractivity contribution >= 4 is 17.8 Å². The van der Waals surface area contributed by atoms with Gasteiger partial charge in [0.15, 0.2) is 0 Å². The molecule has 2 aromatic carbocycles. The summed E-state index contributed by atoms with van der Waals surface area (Å²) in [5, 5.41) is 9.48. The van der Waals surface area contributed by atoms with Crippen molar-refractivity contribution in [3.05, 3.63) is 70.4 Å². The predicted octanol–water partition coefficient (Wildman–Crippen LogP) is 5.39. The molecule has 3 rings (SSSR count). The van der Waals surface area contributed by atoms with Crippen molar-refractivity contribution < 1.29 is 14.4 Å². The summed E-state index contributed by atoms with van der Waals surface area (Å²) in [4.78, 5) is 17.8. The predicted molar refractivity (Wildman–Crippen MR) is 132 cm³/mol. The van der Waals surface area contributed by atoms with Crippen molar-refractivity contribution in [2.75, 3.05) is 7.05 Å². The van der Waals surface area contributed by atoms with Crippen molar-refractivity contribution in [2.24, 2.45) is 4.99 Å². The molecule has 0 amide bonds. The van der Waals surface area contributed by atoms with Gasteiger partial charge in [0.2, 0.25) is 0 Å². The van der Waals surface area contributed by atoms with E-state index < -0.39 is 0 Å². The highest BCUT2D eigenvalue weighted by molar-refractivity contribution is 6.01. The summed E-state index contributed by atoms with van der Waals surface area (Å²) in [5.41, 5.74) is 10.1. The first kappa shape index (κ1) is 25.8. The topological polar surface area (TPSA) is 83.7 Å². The maximum absolute atomic E-state index is 9.48. The number of aryl methyl sites for hydroxylation is 1. The fourth-order valence-corrected chi connectivity index (χ4v) is 3.81. The Balaban J connectivity index is 0.000000696. The van der Waals surface area contributed by atoms with Gasteiger partial charge < -0.3 is 9.57 Å².